The van der Waals surface area contributed by atoms with Gasteiger partial charge in [-0.1, -0.05) is 31.2 Å². The number of halogens is 2. The van der Waals surface area contributed by atoms with Gasteiger partial charge in [-0.2, -0.15) is 5.10 Å². The highest BCUT2D eigenvalue weighted by atomic mass is 35.5. The van der Waals surface area contributed by atoms with Crippen LogP contribution in [-0.4, -0.2) is 48.6 Å². The maximum atomic E-state index is 6.44. The molecule has 2 heterocycles. The minimum atomic E-state index is -1.15. The molecule has 0 saturated heterocycles. The molecule has 8 nitrogen and oxygen atoms in total. The summed E-state index contributed by atoms with van der Waals surface area (Å²) in [4.78, 5) is 8.49. The zero-order chi connectivity index (χ0) is 24.0. The molecule has 0 spiro atoms. The van der Waals surface area contributed by atoms with Crippen LogP contribution in [0, 0.1) is 0 Å². The average Bonchev–Trinajstić information content (AvgIpc) is 3.14. The quantitative estimate of drug-likeness (QED) is 0.205. The highest BCUT2D eigenvalue weighted by Crippen LogP contribution is 2.33. The molecule has 1 aromatic carbocycles. The van der Waals surface area contributed by atoms with Gasteiger partial charge >= 0.3 is 0 Å². The summed E-state index contributed by atoms with van der Waals surface area (Å²) >= 11 is 12.5. The molecule has 0 aliphatic carbocycles. The zero-order valence-electron chi connectivity index (χ0n) is 19.5. The number of nitrogens with one attached hydrogen (secondary N) is 1. The van der Waals surface area contributed by atoms with Crippen LogP contribution in [0.4, 0.5) is 5.82 Å². The number of benzene rings is 1. The Hall–Kier alpha value is -2.33. The van der Waals surface area contributed by atoms with Crippen LogP contribution in [0.3, 0.4) is 0 Å². The highest BCUT2D eigenvalue weighted by molar-refractivity contribution is 6.76. The van der Waals surface area contributed by atoms with E-state index in [1.54, 1.807) is 25.1 Å². The number of rotatable bonds is 11. The first kappa shape index (κ1) is 25.3. The molecule has 0 amide bonds. The zero-order valence-corrected chi connectivity index (χ0v) is 22.0. The molecule has 11 heteroatoms. The Balaban J connectivity index is 1.77. The molecule has 33 heavy (non-hydrogen) atoms. The Morgan fingerprint density at radius 1 is 1.09 bits per heavy atom. The number of nitrogens with zero attached hydrogens (tertiary/aromatic N) is 4. The second-order valence-corrected chi connectivity index (χ2v) is 15.0. The van der Waals surface area contributed by atoms with Crippen molar-refractivity contribution in [2.75, 3.05) is 26.1 Å². The fourth-order valence-electron chi connectivity index (χ4n) is 3.05. The van der Waals surface area contributed by atoms with Crippen molar-refractivity contribution in [1.29, 1.82) is 0 Å². The van der Waals surface area contributed by atoms with Crippen molar-refractivity contribution >= 4 is 37.1 Å². The molecular formula is C22H29Cl2N5O3Si. The molecule has 178 valence electrons. The number of anilines is 1. The molecule has 3 rings (SSSR count). The summed E-state index contributed by atoms with van der Waals surface area (Å²) < 4.78 is 18.2. The van der Waals surface area contributed by atoms with Crippen LogP contribution in [0.25, 0.3) is 11.1 Å². The van der Waals surface area contributed by atoms with Crippen molar-refractivity contribution in [2.45, 2.75) is 39.0 Å². The van der Waals surface area contributed by atoms with Crippen molar-refractivity contribution < 1.29 is 14.2 Å². The van der Waals surface area contributed by atoms with Crippen LogP contribution in [0.5, 0.6) is 11.5 Å². The number of methoxy groups -OCH3 is 2. The summed E-state index contributed by atoms with van der Waals surface area (Å²) in [6.07, 6.45) is 3.45. The Bertz CT molecular complexity index is 1090. The van der Waals surface area contributed by atoms with Gasteiger partial charge in [-0.25, -0.2) is 14.6 Å². The van der Waals surface area contributed by atoms with E-state index in [0.717, 1.165) is 11.6 Å². The SMILES string of the molecule is COc1ccc(CNc2nc(Cl)ncc2-c2cn(COCC[Si](C)(C)C)nc2Cl)c(OC)c1. The number of hydrogen-bond acceptors (Lipinski definition) is 7. The van der Waals surface area contributed by atoms with Crippen LogP contribution < -0.4 is 14.8 Å². The van der Waals surface area contributed by atoms with Gasteiger partial charge in [0.05, 0.1) is 14.2 Å². The van der Waals surface area contributed by atoms with Gasteiger partial charge in [-0.15, -0.1) is 0 Å². The lowest BCUT2D eigenvalue weighted by Gasteiger charge is -2.15. The van der Waals surface area contributed by atoms with E-state index >= 15 is 0 Å². The standard InChI is InChI=1S/C22H29Cl2N5O3Si/c1-30-16-7-6-15(19(10-16)31-2)11-25-21-17(12-26-22(24)27-21)18-13-29(28-20(18)23)14-32-8-9-33(3,4)5/h6-7,10,12-13H,8-9,11,14H2,1-5H3,(H,25,26,27). The van der Waals surface area contributed by atoms with Crippen LogP contribution in [0.2, 0.25) is 36.1 Å². The van der Waals surface area contributed by atoms with Crippen molar-refractivity contribution in [3.63, 3.8) is 0 Å². The fraction of sp³-hybridized carbons (Fsp3) is 0.409. The largest absolute Gasteiger partial charge is 0.497 e. The maximum Gasteiger partial charge on any atom is 0.224 e. The summed E-state index contributed by atoms with van der Waals surface area (Å²) in [6, 6.07) is 6.71. The summed E-state index contributed by atoms with van der Waals surface area (Å²) in [7, 11) is 2.08. The van der Waals surface area contributed by atoms with Gasteiger partial charge in [-0.3, -0.25) is 0 Å². The Kier molecular flexibility index (Phi) is 8.58. The van der Waals surface area contributed by atoms with Crippen molar-refractivity contribution in [3.05, 3.63) is 46.6 Å². The van der Waals surface area contributed by atoms with Gasteiger partial charge in [0.2, 0.25) is 5.28 Å². The summed E-state index contributed by atoms with van der Waals surface area (Å²) in [5, 5.41) is 8.13. The Morgan fingerprint density at radius 2 is 1.88 bits per heavy atom. The van der Waals surface area contributed by atoms with E-state index in [9.17, 15) is 0 Å². The summed E-state index contributed by atoms with van der Waals surface area (Å²) in [6.45, 7) is 8.41. The topological polar surface area (TPSA) is 83.3 Å². The second kappa shape index (κ2) is 11.2. The number of ether oxygens (including phenoxy) is 3. The van der Waals surface area contributed by atoms with E-state index in [-0.39, 0.29) is 5.28 Å². The smallest absolute Gasteiger partial charge is 0.224 e. The third-order valence-electron chi connectivity index (χ3n) is 4.93. The number of hydrogen-bond donors (Lipinski definition) is 1. The molecule has 0 saturated carbocycles. The normalized spacial score (nSPS) is 11.5. The molecule has 0 radical (unpaired) electrons. The van der Waals surface area contributed by atoms with Crippen LogP contribution in [-0.2, 0) is 18.0 Å². The van der Waals surface area contributed by atoms with Crippen LogP contribution in [0.1, 0.15) is 5.56 Å². The first-order valence-electron chi connectivity index (χ1n) is 10.5. The van der Waals surface area contributed by atoms with E-state index in [1.165, 1.54) is 0 Å². The second-order valence-electron chi connectivity index (χ2n) is 8.65. The van der Waals surface area contributed by atoms with E-state index in [0.29, 0.717) is 53.5 Å². The molecule has 0 aliphatic rings. The Morgan fingerprint density at radius 3 is 2.58 bits per heavy atom. The molecule has 0 aliphatic heterocycles. The van der Waals surface area contributed by atoms with Gasteiger partial charge in [-0.05, 0) is 29.8 Å². The highest BCUT2D eigenvalue weighted by Gasteiger charge is 2.17. The van der Waals surface area contributed by atoms with E-state index in [4.69, 9.17) is 37.4 Å². The fourth-order valence-corrected chi connectivity index (χ4v) is 4.19. The molecule has 1 N–H and O–H groups in total. The lowest BCUT2D eigenvalue weighted by molar-refractivity contribution is 0.0786. The third kappa shape index (κ3) is 7.07. The van der Waals surface area contributed by atoms with Crippen molar-refractivity contribution in [2.24, 2.45) is 0 Å². The summed E-state index contributed by atoms with van der Waals surface area (Å²) in [5.41, 5.74) is 2.30. The van der Waals surface area contributed by atoms with Gasteiger partial charge < -0.3 is 19.5 Å². The van der Waals surface area contributed by atoms with Gasteiger partial charge in [0.15, 0.2) is 5.15 Å². The number of aromatic nitrogens is 4. The monoisotopic (exact) mass is 509 g/mol. The summed E-state index contributed by atoms with van der Waals surface area (Å²) in [5.74, 6) is 1.95. The first-order valence-corrected chi connectivity index (χ1v) is 14.9. The van der Waals surface area contributed by atoms with Crippen molar-refractivity contribution in [3.8, 4) is 22.6 Å². The molecule has 2 aromatic heterocycles. The van der Waals surface area contributed by atoms with E-state index in [2.05, 4.69) is 40.0 Å². The maximum absolute atomic E-state index is 6.44. The minimum absolute atomic E-state index is 0.126. The van der Waals surface area contributed by atoms with Crippen LogP contribution in [0.15, 0.2) is 30.6 Å². The molecule has 3 aromatic rings. The van der Waals surface area contributed by atoms with E-state index < -0.39 is 8.07 Å². The average molecular weight is 510 g/mol. The predicted octanol–water partition coefficient (Wildman–Crippen LogP) is 5.59. The van der Waals surface area contributed by atoms with Gasteiger partial charge in [0, 0.05) is 56.4 Å². The minimum Gasteiger partial charge on any atom is -0.497 e. The molecule has 0 unspecified atom stereocenters. The van der Waals surface area contributed by atoms with Crippen LogP contribution >= 0.6 is 23.2 Å². The van der Waals surface area contributed by atoms with Gasteiger partial charge in [0.25, 0.3) is 0 Å². The first-order chi connectivity index (χ1) is 15.7. The molecule has 0 atom stereocenters. The van der Waals surface area contributed by atoms with E-state index in [1.807, 2.05) is 24.4 Å². The molecule has 0 bridgehead atoms. The van der Waals surface area contributed by atoms with Gasteiger partial charge in [0.1, 0.15) is 24.0 Å². The van der Waals surface area contributed by atoms with Crippen molar-refractivity contribution in [1.82, 2.24) is 19.7 Å². The third-order valence-corrected chi connectivity index (χ3v) is 7.09. The lowest BCUT2D eigenvalue weighted by atomic mass is 10.1. The predicted molar refractivity (Wildman–Crippen MR) is 134 cm³/mol. The molecule has 0 fully saturated rings. The molecular weight excluding hydrogens is 481 g/mol. The Labute approximate surface area is 205 Å². The lowest BCUT2D eigenvalue weighted by Crippen LogP contribution is -2.22.